The first-order valence-electron chi connectivity index (χ1n) is 7.09. The average Bonchev–Trinajstić information content (AvgIpc) is 3.19. The molecular weight excluding hydrogens is 323 g/mol. The minimum Gasteiger partial charge on any atom is -0.371 e. The third-order valence-corrected chi connectivity index (χ3v) is 4.07. The van der Waals surface area contributed by atoms with Crippen LogP contribution in [0.5, 0.6) is 0 Å². The zero-order chi connectivity index (χ0) is 15.8. The Bertz CT molecular complexity index is 856. The van der Waals surface area contributed by atoms with Crippen molar-refractivity contribution in [2.45, 2.75) is 18.6 Å². The highest BCUT2D eigenvalue weighted by molar-refractivity contribution is 6.30. The SMILES string of the molecule is Fc1cc([C@@H]2OCC[C@H]2Nc2ccc3nnnn3n2)ccc1Cl. The molecule has 1 aliphatic heterocycles. The van der Waals surface area contributed by atoms with Crippen LogP contribution >= 0.6 is 11.6 Å². The Morgan fingerprint density at radius 3 is 3.09 bits per heavy atom. The predicted octanol–water partition coefficient (Wildman–Crippen LogP) is 2.25. The molecule has 3 heterocycles. The Balaban J connectivity index is 1.58. The fourth-order valence-corrected chi connectivity index (χ4v) is 2.79. The Morgan fingerprint density at radius 1 is 1.30 bits per heavy atom. The molecule has 1 aliphatic rings. The van der Waals surface area contributed by atoms with Crippen LogP contribution in [0.25, 0.3) is 5.65 Å². The van der Waals surface area contributed by atoms with Gasteiger partial charge in [-0.25, -0.2) is 4.39 Å². The van der Waals surface area contributed by atoms with Gasteiger partial charge in [0.1, 0.15) is 17.7 Å². The lowest BCUT2D eigenvalue weighted by molar-refractivity contribution is 0.107. The summed E-state index contributed by atoms with van der Waals surface area (Å²) >= 11 is 5.74. The van der Waals surface area contributed by atoms with Crippen molar-refractivity contribution in [3.05, 3.63) is 46.7 Å². The fourth-order valence-electron chi connectivity index (χ4n) is 2.67. The Hall–Kier alpha value is -2.32. The number of tetrazole rings is 1. The number of aromatic nitrogens is 5. The smallest absolute Gasteiger partial charge is 0.200 e. The maximum Gasteiger partial charge on any atom is 0.200 e. The van der Waals surface area contributed by atoms with Crippen LogP contribution in [0.1, 0.15) is 18.1 Å². The molecule has 0 radical (unpaired) electrons. The largest absolute Gasteiger partial charge is 0.371 e. The van der Waals surface area contributed by atoms with Gasteiger partial charge in [0.15, 0.2) is 5.65 Å². The molecule has 0 aliphatic carbocycles. The molecule has 0 unspecified atom stereocenters. The summed E-state index contributed by atoms with van der Waals surface area (Å²) in [6.07, 6.45) is 0.512. The van der Waals surface area contributed by atoms with Crippen molar-refractivity contribution in [1.29, 1.82) is 0 Å². The number of anilines is 1. The topological polar surface area (TPSA) is 77.2 Å². The van der Waals surface area contributed by atoms with Gasteiger partial charge >= 0.3 is 0 Å². The molecule has 0 spiro atoms. The monoisotopic (exact) mass is 334 g/mol. The van der Waals surface area contributed by atoms with E-state index < -0.39 is 5.82 Å². The molecule has 4 rings (SSSR count). The van der Waals surface area contributed by atoms with Crippen LogP contribution in [0.3, 0.4) is 0 Å². The third kappa shape index (κ3) is 2.71. The number of ether oxygens (including phenoxy) is 1. The standard InChI is InChI=1S/C14H12ClFN6O/c15-9-2-1-8(7-10(9)16)14-11(5-6-23-14)17-12-3-4-13-18-20-21-22(13)19-12/h1-4,7,11,14H,5-6H2,(H,17,19)/t11-,14+/m1/s1. The van der Waals surface area contributed by atoms with E-state index in [2.05, 4.69) is 25.9 Å². The van der Waals surface area contributed by atoms with Crippen LogP contribution in [-0.2, 0) is 4.74 Å². The van der Waals surface area contributed by atoms with Crippen LogP contribution in [0.2, 0.25) is 5.02 Å². The molecule has 0 amide bonds. The summed E-state index contributed by atoms with van der Waals surface area (Å²) in [7, 11) is 0. The van der Waals surface area contributed by atoms with Crippen LogP contribution in [-0.4, -0.2) is 37.9 Å². The van der Waals surface area contributed by atoms with Gasteiger partial charge in [0, 0.05) is 6.61 Å². The van der Waals surface area contributed by atoms with E-state index in [0.717, 1.165) is 12.0 Å². The molecular formula is C14H12ClFN6O. The van der Waals surface area contributed by atoms with Crippen molar-refractivity contribution >= 4 is 23.1 Å². The molecule has 1 aromatic carbocycles. The van der Waals surface area contributed by atoms with Gasteiger partial charge in [-0.05, 0) is 46.7 Å². The lowest BCUT2D eigenvalue weighted by atomic mass is 10.0. The summed E-state index contributed by atoms with van der Waals surface area (Å²) in [5, 5.41) is 18.8. The van der Waals surface area contributed by atoms with E-state index in [1.54, 1.807) is 18.2 Å². The van der Waals surface area contributed by atoms with E-state index in [4.69, 9.17) is 16.3 Å². The van der Waals surface area contributed by atoms with Crippen LogP contribution < -0.4 is 5.32 Å². The van der Waals surface area contributed by atoms with E-state index in [9.17, 15) is 4.39 Å². The second-order valence-electron chi connectivity index (χ2n) is 5.25. The van der Waals surface area contributed by atoms with E-state index in [0.29, 0.717) is 18.1 Å². The van der Waals surface area contributed by atoms with Gasteiger partial charge in [-0.1, -0.05) is 17.7 Å². The van der Waals surface area contributed by atoms with Crippen molar-refractivity contribution in [1.82, 2.24) is 25.3 Å². The quantitative estimate of drug-likeness (QED) is 0.791. The minimum absolute atomic E-state index is 0.0305. The fraction of sp³-hybridized carbons (Fsp3) is 0.286. The first-order valence-corrected chi connectivity index (χ1v) is 7.47. The summed E-state index contributed by atoms with van der Waals surface area (Å²) in [6, 6.07) is 8.25. The zero-order valence-corrected chi connectivity index (χ0v) is 12.6. The summed E-state index contributed by atoms with van der Waals surface area (Å²) in [6.45, 7) is 0.583. The van der Waals surface area contributed by atoms with Crippen LogP contribution in [0.15, 0.2) is 30.3 Å². The van der Waals surface area contributed by atoms with Gasteiger partial charge in [-0.15, -0.1) is 14.8 Å². The van der Waals surface area contributed by atoms with Gasteiger partial charge < -0.3 is 10.1 Å². The number of hydrogen-bond donors (Lipinski definition) is 1. The highest BCUT2D eigenvalue weighted by Gasteiger charge is 2.30. The lowest BCUT2D eigenvalue weighted by Crippen LogP contribution is -2.24. The average molecular weight is 335 g/mol. The third-order valence-electron chi connectivity index (χ3n) is 3.77. The number of hydrogen-bond acceptors (Lipinski definition) is 6. The van der Waals surface area contributed by atoms with E-state index in [-0.39, 0.29) is 17.2 Å². The first-order chi connectivity index (χ1) is 11.2. The van der Waals surface area contributed by atoms with E-state index >= 15 is 0 Å². The molecule has 2 aromatic heterocycles. The molecule has 0 bridgehead atoms. The highest BCUT2D eigenvalue weighted by Crippen LogP contribution is 2.32. The maximum atomic E-state index is 13.7. The zero-order valence-electron chi connectivity index (χ0n) is 11.9. The molecule has 0 saturated carbocycles. The number of benzene rings is 1. The summed E-state index contributed by atoms with van der Waals surface area (Å²) in [5.74, 6) is 0.173. The van der Waals surface area contributed by atoms with E-state index in [1.807, 2.05) is 0 Å². The summed E-state index contributed by atoms with van der Waals surface area (Å²) in [5.41, 5.74) is 1.31. The summed E-state index contributed by atoms with van der Waals surface area (Å²) < 4.78 is 20.8. The molecule has 1 fully saturated rings. The van der Waals surface area contributed by atoms with Crippen molar-refractivity contribution in [2.75, 3.05) is 11.9 Å². The van der Waals surface area contributed by atoms with Crippen LogP contribution in [0, 0.1) is 5.82 Å². The van der Waals surface area contributed by atoms with Crippen molar-refractivity contribution in [3.63, 3.8) is 0 Å². The van der Waals surface area contributed by atoms with Crippen molar-refractivity contribution in [3.8, 4) is 0 Å². The molecule has 3 aromatic rings. The molecule has 2 atom stereocenters. The highest BCUT2D eigenvalue weighted by atomic mass is 35.5. The second-order valence-corrected chi connectivity index (χ2v) is 5.66. The number of nitrogens with one attached hydrogen (secondary N) is 1. The lowest BCUT2D eigenvalue weighted by Gasteiger charge is -2.20. The molecule has 7 nitrogen and oxygen atoms in total. The molecule has 9 heteroatoms. The number of nitrogens with zero attached hydrogens (tertiary/aromatic N) is 5. The second kappa shape index (κ2) is 5.71. The van der Waals surface area contributed by atoms with Gasteiger partial charge in [0.2, 0.25) is 0 Å². The van der Waals surface area contributed by atoms with Gasteiger partial charge in [0.25, 0.3) is 0 Å². The van der Waals surface area contributed by atoms with Gasteiger partial charge in [-0.2, -0.15) is 0 Å². The Labute approximate surface area is 135 Å². The van der Waals surface area contributed by atoms with Crippen molar-refractivity contribution < 1.29 is 9.13 Å². The molecule has 23 heavy (non-hydrogen) atoms. The van der Waals surface area contributed by atoms with E-state index in [1.165, 1.54) is 16.8 Å². The van der Waals surface area contributed by atoms with Gasteiger partial charge in [0.05, 0.1) is 11.1 Å². The minimum atomic E-state index is -0.452. The Morgan fingerprint density at radius 2 is 2.22 bits per heavy atom. The first kappa shape index (κ1) is 14.3. The Kier molecular flexibility index (Phi) is 3.55. The summed E-state index contributed by atoms with van der Waals surface area (Å²) in [4.78, 5) is 0. The number of halogens is 2. The normalized spacial score (nSPS) is 21.0. The predicted molar refractivity (Wildman–Crippen MR) is 80.7 cm³/mol. The molecule has 1 saturated heterocycles. The molecule has 1 N–H and O–H groups in total. The van der Waals surface area contributed by atoms with Crippen LogP contribution in [0.4, 0.5) is 10.2 Å². The maximum absolute atomic E-state index is 13.7. The number of fused-ring (bicyclic) bond motifs is 1. The number of rotatable bonds is 3. The molecule has 118 valence electrons. The van der Waals surface area contributed by atoms with Crippen molar-refractivity contribution in [2.24, 2.45) is 0 Å². The van der Waals surface area contributed by atoms with Gasteiger partial charge in [-0.3, -0.25) is 0 Å².